The maximum atomic E-state index is 15.0. The first-order valence-corrected chi connectivity index (χ1v) is 10.7. The van der Waals surface area contributed by atoms with Gasteiger partial charge in [-0.2, -0.15) is 17.6 Å². The Hall–Kier alpha value is -4.75. The standard InChI is InChI=1S/C23H14F8N2O9/c1-39-20(35)12-8-10(4-5-32-12)33-19(34)16-11(24)6-9(21(26,27)28)7-15(16)40-14-3-2-13(41-22(29,30)31)17(25)18(14)42-23(36,37)38/h2-8,36-38H,1H3,(H,32,33,34). The molecular weight excluding hydrogens is 600 g/mol. The predicted molar refractivity (Wildman–Crippen MR) is 118 cm³/mol. The number of ether oxygens (including phenoxy) is 4. The number of alkyl halides is 6. The molecule has 0 radical (unpaired) electrons. The lowest BCUT2D eigenvalue weighted by Crippen LogP contribution is -2.35. The van der Waals surface area contributed by atoms with Gasteiger partial charge in [0, 0.05) is 11.9 Å². The maximum Gasteiger partial charge on any atom is 0.573 e. The Morgan fingerprint density at radius 2 is 1.52 bits per heavy atom. The van der Waals surface area contributed by atoms with Crippen LogP contribution in [0.25, 0.3) is 0 Å². The van der Waals surface area contributed by atoms with Gasteiger partial charge in [-0.3, -0.25) is 4.79 Å². The molecule has 0 aliphatic rings. The quantitative estimate of drug-likeness (QED) is 0.166. The van der Waals surface area contributed by atoms with Gasteiger partial charge in [0.05, 0.1) is 12.7 Å². The Kier molecular flexibility index (Phi) is 8.79. The van der Waals surface area contributed by atoms with Crippen molar-refractivity contribution >= 4 is 17.6 Å². The van der Waals surface area contributed by atoms with Crippen molar-refractivity contribution in [2.24, 2.45) is 0 Å². The molecule has 0 aliphatic carbocycles. The average molecular weight is 614 g/mol. The van der Waals surface area contributed by atoms with E-state index in [1.165, 1.54) is 0 Å². The molecule has 1 heterocycles. The summed E-state index contributed by atoms with van der Waals surface area (Å²) in [6.07, 6.45) is -14.1. The molecule has 3 rings (SSSR count). The Morgan fingerprint density at radius 3 is 2.10 bits per heavy atom. The molecule has 3 aromatic rings. The van der Waals surface area contributed by atoms with Crippen molar-refractivity contribution < 1.29 is 79.0 Å². The van der Waals surface area contributed by atoms with Crippen molar-refractivity contribution in [2.75, 3.05) is 12.4 Å². The third kappa shape index (κ3) is 7.92. The van der Waals surface area contributed by atoms with Gasteiger partial charge in [-0.05, 0) is 36.4 Å². The fraction of sp³-hybridized carbons (Fsp3) is 0.174. The summed E-state index contributed by atoms with van der Waals surface area (Å²) in [5.41, 5.74) is -3.66. The van der Waals surface area contributed by atoms with Crippen LogP contribution in [0.2, 0.25) is 0 Å². The molecule has 0 fully saturated rings. The van der Waals surface area contributed by atoms with Crippen molar-refractivity contribution in [3.8, 4) is 23.0 Å². The molecule has 0 unspecified atom stereocenters. The highest BCUT2D eigenvalue weighted by atomic mass is 19.4. The Labute approximate surface area is 227 Å². The van der Waals surface area contributed by atoms with Crippen molar-refractivity contribution in [3.63, 3.8) is 0 Å². The number of nitrogens with one attached hydrogen (secondary N) is 1. The van der Waals surface area contributed by atoms with E-state index >= 15 is 0 Å². The van der Waals surface area contributed by atoms with Gasteiger partial charge in [0.1, 0.15) is 22.8 Å². The van der Waals surface area contributed by atoms with E-state index in [2.05, 4.69) is 19.2 Å². The largest absolute Gasteiger partial charge is 0.573 e. The number of esters is 1. The SMILES string of the molecule is COC(=O)c1cc(NC(=O)c2c(F)cc(C(F)(F)F)cc2Oc2ccc(OC(F)(F)F)c(F)c2OC(O)(O)O)ccn1. The fourth-order valence-corrected chi connectivity index (χ4v) is 3.12. The molecule has 4 N–H and O–H groups in total. The molecule has 0 saturated heterocycles. The molecule has 0 bridgehead atoms. The number of aliphatic hydroxyl groups is 3. The summed E-state index contributed by atoms with van der Waals surface area (Å²) >= 11 is 0. The highest BCUT2D eigenvalue weighted by molar-refractivity contribution is 6.07. The number of nitrogens with zero attached hydrogens (tertiary/aromatic N) is 1. The second kappa shape index (κ2) is 11.6. The van der Waals surface area contributed by atoms with Crippen LogP contribution in [0.4, 0.5) is 40.8 Å². The number of pyridine rings is 1. The minimum absolute atomic E-state index is 0.0380. The number of anilines is 1. The number of carbonyl (C=O) groups excluding carboxylic acids is 2. The van der Waals surface area contributed by atoms with Crippen LogP contribution in [0.5, 0.6) is 23.0 Å². The zero-order chi connectivity index (χ0) is 31.6. The minimum Gasteiger partial charge on any atom is -0.464 e. The molecule has 0 aliphatic heterocycles. The van der Waals surface area contributed by atoms with E-state index in [4.69, 9.17) is 20.1 Å². The number of benzene rings is 2. The Morgan fingerprint density at radius 1 is 0.881 bits per heavy atom. The molecule has 11 nitrogen and oxygen atoms in total. The molecule has 2 aromatic carbocycles. The minimum atomic E-state index is -5.51. The van der Waals surface area contributed by atoms with Gasteiger partial charge in [-0.1, -0.05) is 0 Å². The van der Waals surface area contributed by atoms with Crippen LogP contribution in [0.15, 0.2) is 42.6 Å². The monoisotopic (exact) mass is 614 g/mol. The number of carbonyl (C=O) groups is 2. The first-order valence-electron chi connectivity index (χ1n) is 10.7. The number of halogens is 8. The van der Waals surface area contributed by atoms with Gasteiger partial charge < -0.3 is 39.6 Å². The lowest BCUT2D eigenvalue weighted by Gasteiger charge is -2.21. The van der Waals surface area contributed by atoms with Gasteiger partial charge in [0.2, 0.25) is 11.6 Å². The van der Waals surface area contributed by atoms with Gasteiger partial charge in [-0.25, -0.2) is 14.2 Å². The van der Waals surface area contributed by atoms with Crippen LogP contribution in [-0.2, 0) is 10.9 Å². The van der Waals surface area contributed by atoms with E-state index in [1.807, 2.05) is 5.32 Å². The number of rotatable bonds is 8. The van der Waals surface area contributed by atoms with Gasteiger partial charge >= 0.3 is 24.7 Å². The molecule has 42 heavy (non-hydrogen) atoms. The molecular formula is C23H14F8N2O9. The van der Waals surface area contributed by atoms with Crippen LogP contribution in [0.1, 0.15) is 26.4 Å². The molecule has 19 heteroatoms. The lowest BCUT2D eigenvalue weighted by molar-refractivity contribution is -0.420. The fourth-order valence-electron chi connectivity index (χ4n) is 3.12. The normalized spacial score (nSPS) is 12.0. The van der Waals surface area contributed by atoms with Crippen molar-refractivity contribution in [1.29, 1.82) is 0 Å². The topological polar surface area (TPSA) is 157 Å². The Balaban J connectivity index is 2.15. The number of aromatic nitrogens is 1. The second-order valence-electron chi connectivity index (χ2n) is 7.74. The lowest BCUT2D eigenvalue weighted by atomic mass is 10.1. The smallest absolute Gasteiger partial charge is 0.464 e. The highest BCUT2D eigenvalue weighted by Gasteiger charge is 2.37. The van der Waals surface area contributed by atoms with Crippen LogP contribution in [0, 0.1) is 11.6 Å². The van der Waals surface area contributed by atoms with E-state index in [0.717, 1.165) is 25.4 Å². The van der Waals surface area contributed by atoms with E-state index in [9.17, 15) is 44.7 Å². The summed E-state index contributed by atoms with van der Waals surface area (Å²) in [6, 6.07) is 2.47. The van der Waals surface area contributed by atoms with Gasteiger partial charge in [0.25, 0.3) is 5.91 Å². The molecule has 0 spiro atoms. The summed E-state index contributed by atoms with van der Waals surface area (Å²) in [6.45, 7) is 0. The Bertz CT molecular complexity index is 1500. The number of methoxy groups -OCH3 is 1. The molecule has 1 amide bonds. The van der Waals surface area contributed by atoms with Crippen molar-refractivity contribution in [1.82, 2.24) is 4.98 Å². The third-order valence-electron chi connectivity index (χ3n) is 4.73. The summed E-state index contributed by atoms with van der Waals surface area (Å²) < 4.78 is 125. The molecule has 0 atom stereocenters. The van der Waals surface area contributed by atoms with E-state index < -0.39 is 76.3 Å². The van der Waals surface area contributed by atoms with E-state index in [0.29, 0.717) is 6.07 Å². The summed E-state index contributed by atoms with van der Waals surface area (Å²) in [5, 5.41) is 29.3. The van der Waals surface area contributed by atoms with Crippen molar-refractivity contribution in [2.45, 2.75) is 18.7 Å². The first-order chi connectivity index (χ1) is 19.3. The maximum absolute atomic E-state index is 15.0. The summed E-state index contributed by atoms with van der Waals surface area (Å²) in [7, 11) is 1.01. The predicted octanol–water partition coefficient (Wildman–Crippen LogP) is 4.08. The third-order valence-corrected chi connectivity index (χ3v) is 4.73. The van der Waals surface area contributed by atoms with Crippen molar-refractivity contribution in [3.05, 3.63) is 71.1 Å². The molecule has 1 aromatic heterocycles. The number of amides is 1. The van der Waals surface area contributed by atoms with E-state index in [1.54, 1.807) is 0 Å². The van der Waals surface area contributed by atoms with Crippen LogP contribution in [0.3, 0.4) is 0 Å². The van der Waals surface area contributed by atoms with Crippen LogP contribution < -0.4 is 19.5 Å². The van der Waals surface area contributed by atoms with Gasteiger partial charge in [-0.15, -0.1) is 13.2 Å². The first kappa shape index (κ1) is 31.8. The molecule has 0 saturated carbocycles. The van der Waals surface area contributed by atoms with Crippen LogP contribution in [-0.4, -0.2) is 51.8 Å². The summed E-state index contributed by atoms with van der Waals surface area (Å²) in [4.78, 5) is 28.3. The van der Waals surface area contributed by atoms with Gasteiger partial charge in [0.15, 0.2) is 11.5 Å². The number of hydrogen-bond donors (Lipinski definition) is 4. The molecule has 226 valence electrons. The van der Waals surface area contributed by atoms with Crippen LogP contribution >= 0.6 is 0 Å². The zero-order valence-corrected chi connectivity index (χ0v) is 20.3. The highest BCUT2D eigenvalue weighted by Crippen LogP contribution is 2.43. The average Bonchev–Trinajstić information content (AvgIpc) is 2.85. The summed E-state index contributed by atoms with van der Waals surface area (Å²) in [5.74, 6) is -12.7. The van der Waals surface area contributed by atoms with E-state index in [-0.39, 0.29) is 29.6 Å². The second-order valence-corrected chi connectivity index (χ2v) is 7.74. The zero-order valence-electron chi connectivity index (χ0n) is 20.3. The number of hydrogen-bond acceptors (Lipinski definition) is 10.